The first-order valence-electron chi connectivity index (χ1n) is 7.53. The van der Waals surface area contributed by atoms with Gasteiger partial charge in [-0.05, 0) is 38.0 Å². The van der Waals surface area contributed by atoms with Crippen molar-refractivity contribution in [3.63, 3.8) is 0 Å². The van der Waals surface area contributed by atoms with E-state index in [9.17, 15) is 4.79 Å². The van der Waals surface area contributed by atoms with Gasteiger partial charge in [0, 0.05) is 6.04 Å². The molecular weight excluding hydrogens is 224 g/mol. The van der Waals surface area contributed by atoms with Gasteiger partial charge in [0.15, 0.2) is 0 Å². The first kappa shape index (κ1) is 13.9. The van der Waals surface area contributed by atoms with Gasteiger partial charge in [0.25, 0.3) is 0 Å². The minimum absolute atomic E-state index is 0.00610. The van der Waals surface area contributed by atoms with Crippen molar-refractivity contribution in [2.24, 2.45) is 5.41 Å². The Morgan fingerprint density at radius 3 is 2.78 bits per heavy atom. The van der Waals surface area contributed by atoms with Gasteiger partial charge >= 0.3 is 0 Å². The first-order chi connectivity index (χ1) is 8.44. The molecule has 2 rings (SSSR count). The predicted molar refractivity (Wildman–Crippen MR) is 74.2 cm³/mol. The Balaban J connectivity index is 2.11. The fourth-order valence-electron chi connectivity index (χ4n) is 3.64. The number of amides is 1. The van der Waals surface area contributed by atoms with Crippen LogP contribution in [0.5, 0.6) is 0 Å². The van der Waals surface area contributed by atoms with E-state index in [-0.39, 0.29) is 12.2 Å². The number of carbonyl (C=O) groups excluding carboxylic acids is 1. The third kappa shape index (κ3) is 2.71. The van der Waals surface area contributed by atoms with E-state index >= 15 is 0 Å². The normalized spacial score (nSPS) is 36.1. The predicted octanol–water partition coefficient (Wildman–Crippen LogP) is 2.90. The molecular formula is C15H28N2O. The molecule has 3 nitrogen and oxygen atoms in total. The third-order valence-electron chi connectivity index (χ3n) is 4.54. The number of hydrogen-bond donors (Lipinski definition) is 1. The molecule has 3 unspecified atom stereocenters. The monoisotopic (exact) mass is 252 g/mol. The first-order valence-corrected chi connectivity index (χ1v) is 7.53. The van der Waals surface area contributed by atoms with E-state index in [1.165, 1.54) is 19.3 Å². The molecule has 0 aromatic carbocycles. The summed E-state index contributed by atoms with van der Waals surface area (Å²) in [6.07, 6.45) is 7.38. The van der Waals surface area contributed by atoms with Crippen LogP contribution < -0.4 is 5.32 Å². The maximum Gasteiger partial charge on any atom is 0.240 e. The molecule has 0 radical (unpaired) electrons. The largest absolute Gasteiger partial charge is 0.323 e. The smallest absolute Gasteiger partial charge is 0.240 e. The molecule has 0 bridgehead atoms. The standard InChI is InChI=1S/C15H28N2O/c1-5-7-13-16-11(2)14(18)17(13)12-8-6-9-15(3,4)10-12/h11-13,16H,5-10H2,1-4H3. The highest BCUT2D eigenvalue weighted by Crippen LogP contribution is 2.39. The van der Waals surface area contributed by atoms with Gasteiger partial charge in [0.2, 0.25) is 5.91 Å². The Hall–Kier alpha value is -0.570. The molecule has 1 amide bonds. The average molecular weight is 252 g/mol. The fraction of sp³-hybridized carbons (Fsp3) is 0.933. The summed E-state index contributed by atoms with van der Waals surface area (Å²) in [6.45, 7) is 8.87. The van der Waals surface area contributed by atoms with Gasteiger partial charge < -0.3 is 4.90 Å². The van der Waals surface area contributed by atoms with Crippen LogP contribution in [-0.2, 0) is 4.79 Å². The van der Waals surface area contributed by atoms with E-state index in [0.29, 0.717) is 17.4 Å². The molecule has 0 spiro atoms. The van der Waals surface area contributed by atoms with Crippen LogP contribution in [0.2, 0.25) is 0 Å². The van der Waals surface area contributed by atoms with Crippen molar-refractivity contribution in [3.8, 4) is 0 Å². The molecule has 0 aromatic heterocycles. The molecule has 1 saturated heterocycles. The molecule has 1 saturated carbocycles. The lowest BCUT2D eigenvalue weighted by Gasteiger charge is -2.41. The van der Waals surface area contributed by atoms with Crippen LogP contribution in [0.4, 0.5) is 0 Å². The Labute approximate surface area is 111 Å². The highest BCUT2D eigenvalue weighted by molar-refractivity contribution is 5.84. The molecule has 0 aromatic rings. The molecule has 2 aliphatic rings. The van der Waals surface area contributed by atoms with Crippen molar-refractivity contribution in [1.29, 1.82) is 0 Å². The Morgan fingerprint density at radius 1 is 1.44 bits per heavy atom. The van der Waals surface area contributed by atoms with E-state index in [0.717, 1.165) is 19.3 Å². The van der Waals surface area contributed by atoms with Crippen LogP contribution in [-0.4, -0.2) is 29.1 Å². The molecule has 18 heavy (non-hydrogen) atoms. The molecule has 1 aliphatic heterocycles. The molecule has 104 valence electrons. The zero-order valence-electron chi connectivity index (χ0n) is 12.3. The highest BCUT2D eigenvalue weighted by Gasteiger charge is 2.42. The summed E-state index contributed by atoms with van der Waals surface area (Å²) >= 11 is 0. The summed E-state index contributed by atoms with van der Waals surface area (Å²) in [7, 11) is 0. The van der Waals surface area contributed by atoms with Crippen LogP contribution in [0.3, 0.4) is 0 Å². The van der Waals surface area contributed by atoms with Crippen molar-refractivity contribution >= 4 is 5.91 Å². The van der Waals surface area contributed by atoms with Crippen LogP contribution in [0, 0.1) is 5.41 Å². The third-order valence-corrected chi connectivity index (χ3v) is 4.54. The van der Waals surface area contributed by atoms with E-state index in [1.54, 1.807) is 0 Å². The zero-order chi connectivity index (χ0) is 13.3. The molecule has 1 N–H and O–H groups in total. The minimum atomic E-state index is 0.00610. The molecule has 1 aliphatic carbocycles. The Bertz CT molecular complexity index is 314. The van der Waals surface area contributed by atoms with Gasteiger partial charge in [-0.2, -0.15) is 0 Å². The SMILES string of the molecule is CCCC1NC(C)C(=O)N1C1CCCC(C)(C)C1. The van der Waals surface area contributed by atoms with Crippen LogP contribution in [0.25, 0.3) is 0 Å². The van der Waals surface area contributed by atoms with Gasteiger partial charge in [0.1, 0.15) is 0 Å². The van der Waals surface area contributed by atoms with Crippen molar-refractivity contribution in [2.45, 2.75) is 84.5 Å². The van der Waals surface area contributed by atoms with E-state index < -0.39 is 0 Å². The van der Waals surface area contributed by atoms with Crippen LogP contribution >= 0.6 is 0 Å². The van der Waals surface area contributed by atoms with Crippen molar-refractivity contribution < 1.29 is 4.79 Å². The highest BCUT2D eigenvalue weighted by atomic mass is 16.2. The quantitative estimate of drug-likeness (QED) is 0.837. The molecule has 3 heteroatoms. The second kappa shape index (κ2) is 5.20. The summed E-state index contributed by atoms with van der Waals surface area (Å²) in [5.41, 5.74) is 0.395. The fourth-order valence-corrected chi connectivity index (χ4v) is 3.64. The zero-order valence-corrected chi connectivity index (χ0v) is 12.3. The van der Waals surface area contributed by atoms with E-state index in [1.807, 2.05) is 6.92 Å². The maximum absolute atomic E-state index is 12.4. The maximum atomic E-state index is 12.4. The number of carbonyl (C=O) groups is 1. The topological polar surface area (TPSA) is 32.3 Å². The van der Waals surface area contributed by atoms with Gasteiger partial charge in [-0.15, -0.1) is 0 Å². The summed E-state index contributed by atoms with van der Waals surface area (Å²) in [4.78, 5) is 14.5. The van der Waals surface area contributed by atoms with Crippen molar-refractivity contribution in [3.05, 3.63) is 0 Å². The number of nitrogens with zero attached hydrogens (tertiary/aromatic N) is 1. The summed E-state index contributed by atoms with van der Waals surface area (Å²) < 4.78 is 0. The molecule has 2 fully saturated rings. The van der Waals surface area contributed by atoms with Gasteiger partial charge in [-0.3, -0.25) is 10.1 Å². The lowest BCUT2D eigenvalue weighted by atomic mass is 9.74. The summed E-state index contributed by atoms with van der Waals surface area (Å²) in [6, 6.07) is 0.460. The minimum Gasteiger partial charge on any atom is -0.323 e. The average Bonchev–Trinajstić information content (AvgIpc) is 2.54. The molecule has 3 atom stereocenters. The van der Waals surface area contributed by atoms with E-state index in [4.69, 9.17) is 0 Å². The second-order valence-electron chi connectivity index (χ2n) is 6.85. The summed E-state index contributed by atoms with van der Waals surface area (Å²) in [5, 5.41) is 3.46. The van der Waals surface area contributed by atoms with E-state index in [2.05, 4.69) is 31.0 Å². The van der Waals surface area contributed by atoms with Crippen molar-refractivity contribution in [1.82, 2.24) is 10.2 Å². The Kier molecular flexibility index (Phi) is 4.00. The van der Waals surface area contributed by atoms with Gasteiger partial charge in [-0.1, -0.05) is 33.6 Å². The van der Waals surface area contributed by atoms with Crippen LogP contribution in [0.15, 0.2) is 0 Å². The van der Waals surface area contributed by atoms with Gasteiger partial charge in [0.05, 0.1) is 12.2 Å². The lowest BCUT2D eigenvalue weighted by Crippen LogP contribution is -2.47. The number of nitrogens with one attached hydrogen (secondary N) is 1. The van der Waals surface area contributed by atoms with Crippen LogP contribution in [0.1, 0.15) is 66.2 Å². The summed E-state index contributed by atoms with van der Waals surface area (Å²) in [5.74, 6) is 0.316. The number of hydrogen-bond acceptors (Lipinski definition) is 2. The Morgan fingerprint density at radius 2 is 2.17 bits per heavy atom. The van der Waals surface area contributed by atoms with Gasteiger partial charge in [-0.25, -0.2) is 0 Å². The second-order valence-corrected chi connectivity index (χ2v) is 6.85. The number of rotatable bonds is 3. The lowest BCUT2D eigenvalue weighted by molar-refractivity contribution is -0.133. The van der Waals surface area contributed by atoms with Crippen molar-refractivity contribution in [2.75, 3.05) is 0 Å². The molecule has 1 heterocycles.